The monoisotopic (exact) mass is 287 g/mol. The van der Waals surface area contributed by atoms with Crippen LogP contribution in [0.4, 0.5) is 5.69 Å². The van der Waals surface area contributed by atoms with Crippen LogP contribution in [0.15, 0.2) is 24.3 Å². The smallest absolute Gasteiger partial charge is 0.164 e. The van der Waals surface area contributed by atoms with Crippen LogP contribution in [0, 0.1) is 5.92 Å². The molecule has 116 valence electrons. The standard InChI is InChI=1S/C19H29NO/c20-18-14-9-8-13-17(18)19(21)15-7-2-1-4-10-16-11-5-3-6-12-16/h8-9,13-14,16H,1-7,10-12,15,20H2. The van der Waals surface area contributed by atoms with Crippen molar-refractivity contribution in [3.8, 4) is 0 Å². The SMILES string of the molecule is Nc1ccccc1C(=O)CCCCCCC1CCCCC1. The van der Waals surface area contributed by atoms with Crippen molar-refractivity contribution in [1.82, 2.24) is 0 Å². The highest BCUT2D eigenvalue weighted by Gasteiger charge is 2.12. The van der Waals surface area contributed by atoms with Crippen molar-refractivity contribution < 1.29 is 4.79 Å². The van der Waals surface area contributed by atoms with E-state index in [2.05, 4.69) is 0 Å². The molecule has 21 heavy (non-hydrogen) atoms. The molecule has 0 atom stereocenters. The first-order chi connectivity index (χ1) is 10.3. The predicted molar refractivity (Wildman–Crippen MR) is 89.5 cm³/mol. The van der Waals surface area contributed by atoms with E-state index in [9.17, 15) is 4.79 Å². The third-order valence-electron chi connectivity index (χ3n) is 4.75. The molecule has 0 bridgehead atoms. The number of benzene rings is 1. The summed E-state index contributed by atoms with van der Waals surface area (Å²) in [6.45, 7) is 0. The molecular formula is C19H29NO. The molecule has 0 amide bonds. The van der Waals surface area contributed by atoms with Gasteiger partial charge in [-0.3, -0.25) is 4.79 Å². The van der Waals surface area contributed by atoms with Crippen molar-refractivity contribution in [2.45, 2.75) is 70.6 Å². The van der Waals surface area contributed by atoms with Crippen LogP contribution < -0.4 is 5.73 Å². The van der Waals surface area contributed by atoms with Crippen LogP contribution in [0.25, 0.3) is 0 Å². The highest BCUT2D eigenvalue weighted by Crippen LogP contribution is 2.28. The van der Waals surface area contributed by atoms with Gasteiger partial charge in [0.1, 0.15) is 0 Å². The van der Waals surface area contributed by atoms with E-state index in [1.165, 1.54) is 57.8 Å². The molecule has 0 aromatic heterocycles. The van der Waals surface area contributed by atoms with Crippen molar-refractivity contribution in [1.29, 1.82) is 0 Å². The summed E-state index contributed by atoms with van der Waals surface area (Å²) in [4.78, 5) is 12.1. The second-order valence-electron chi connectivity index (χ2n) is 6.47. The molecule has 1 aliphatic rings. The van der Waals surface area contributed by atoms with Gasteiger partial charge in [-0.2, -0.15) is 0 Å². The Kier molecular flexibility index (Phi) is 6.78. The molecule has 2 N–H and O–H groups in total. The number of carbonyl (C=O) groups excluding carboxylic acids is 1. The Labute approximate surface area is 129 Å². The van der Waals surface area contributed by atoms with Crippen molar-refractivity contribution in [3.63, 3.8) is 0 Å². The Balaban J connectivity index is 1.55. The Hall–Kier alpha value is -1.31. The van der Waals surface area contributed by atoms with Crippen LogP contribution in [0.1, 0.15) is 81.0 Å². The number of unbranched alkanes of at least 4 members (excludes halogenated alkanes) is 3. The second-order valence-corrected chi connectivity index (χ2v) is 6.47. The Morgan fingerprint density at radius 3 is 2.48 bits per heavy atom. The zero-order valence-corrected chi connectivity index (χ0v) is 13.2. The Morgan fingerprint density at radius 2 is 1.71 bits per heavy atom. The summed E-state index contributed by atoms with van der Waals surface area (Å²) >= 11 is 0. The molecule has 1 aromatic carbocycles. The fourth-order valence-corrected chi connectivity index (χ4v) is 3.43. The maximum absolute atomic E-state index is 12.1. The minimum absolute atomic E-state index is 0.195. The topological polar surface area (TPSA) is 43.1 Å². The van der Waals surface area contributed by atoms with Gasteiger partial charge in [0.2, 0.25) is 0 Å². The molecule has 1 saturated carbocycles. The number of para-hydroxylation sites is 1. The Bertz CT molecular complexity index is 435. The fraction of sp³-hybridized carbons (Fsp3) is 0.632. The first kappa shape index (κ1) is 16.1. The first-order valence-corrected chi connectivity index (χ1v) is 8.65. The summed E-state index contributed by atoms with van der Waals surface area (Å²) in [5.74, 6) is 1.19. The Morgan fingerprint density at radius 1 is 1.00 bits per heavy atom. The van der Waals surface area contributed by atoms with Crippen LogP contribution in [0.3, 0.4) is 0 Å². The zero-order chi connectivity index (χ0) is 14.9. The van der Waals surface area contributed by atoms with E-state index < -0.39 is 0 Å². The number of carbonyl (C=O) groups is 1. The summed E-state index contributed by atoms with van der Waals surface area (Å²) < 4.78 is 0. The lowest BCUT2D eigenvalue weighted by atomic mass is 9.85. The third-order valence-corrected chi connectivity index (χ3v) is 4.75. The molecule has 0 spiro atoms. The number of rotatable bonds is 8. The van der Waals surface area contributed by atoms with Gasteiger partial charge in [0.15, 0.2) is 5.78 Å². The van der Waals surface area contributed by atoms with Crippen LogP contribution in [-0.4, -0.2) is 5.78 Å². The highest BCUT2D eigenvalue weighted by molar-refractivity contribution is 6.00. The molecule has 2 heteroatoms. The largest absolute Gasteiger partial charge is 0.398 e. The molecule has 0 radical (unpaired) electrons. The van der Waals surface area contributed by atoms with Gasteiger partial charge in [-0.05, 0) is 24.5 Å². The van der Waals surface area contributed by atoms with Gasteiger partial charge in [0, 0.05) is 17.7 Å². The third kappa shape index (κ3) is 5.53. The van der Waals surface area contributed by atoms with E-state index in [1.54, 1.807) is 6.07 Å². The van der Waals surface area contributed by atoms with E-state index in [0.717, 1.165) is 12.3 Å². The second kappa shape index (κ2) is 8.86. The van der Waals surface area contributed by atoms with Gasteiger partial charge >= 0.3 is 0 Å². The molecule has 0 unspecified atom stereocenters. The number of hydrogen-bond donors (Lipinski definition) is 1. The fourth-order valence-electron chi connectivity index (χ4n) is 3.43. The molecule has 1 aromatic rings. The number of nitrogens with two attached hydrogens (primary N) is 1. The summed E-state index contributed by atoms with van der Waals surface area (Å²) in [7, 11) is 0. The number of ketones is 1. The lowest BCUT2D eigenvalue weighted by Gasteiger charge is -2.21. The lowest BCUT2D eigenvalue weighted by molar-refractivity contribution is 0.0980. The van der Waals surface area contributed by atoms with Crippen LogP contribution >= 0.6 is 0 Å². The summed E-state index contributed by atoms with van der Waals surface area (Å²) in [6.07, 6.45) is 14.1. The van der Waals surface area contributed by atoms with Crippen molar-refractivity contribution in [2.75, 3.05) is 5.73 Å². The van der Waals surface area contributed by atoms with Crippen LogP contribution in [-0.2, 0) is 0 Å². The average molecular weight is 287 g/mol. The normalized spacial score (nSPS) is 16.0. The maximum atomic E-state index is 12.1. The van der Waals surface area contributed by atoms with Gasteiger partial charge < -0.3 is 5.73 Å². The minimum Gasteiger partial charge on any atom is -0.398 e. The highest BCUT2D eigenvalue weighted by atomic mass is 16.1. The maximum Gasteiger partial charge on any atom is 0.164 e. The van der Waals surface area contributed by atoms with Crippen LogP contribution in [0.2, 0.25) is 0 Å². The molecule has 0 heterocycles. The quantitative estimate of drug-likeness (QED) is 0.396. The minimum atomic E-state index is 0.195. The number of anilines is 1. The van der Waals surface area contributed by atoms with Crippen molar-refractivity contribution >= 4 is 11.5 Å². The van der Waals surface area contributed by atoms with Crippen molar-refractivity contribution in [2.24, 2.45) is 5.92 Å². The van der Waals surface area contributed by atoms with E-state index in [0.29, 0.717) is 17.7 Å². The van der Waals surface area contributed by atoms with Crippen molar-refractivity contribution in [3.05, 3.63) is 29.8 Å². The van der Waals surface area contributed by atoms with Gasteiger partial charge in [0.25, 0.3) is 0 Å². The van der Waals surface area contributed by atoms with Gasteiger partial charge in [-0.25, -0.2) is 0 Å². The predicted octanol–water partition coefficient (Wildman–Crippen LogP) is 5.37. The zero-order valence-electron chi connectivity index (χ0n) is 13.2. The van der Waals surface area contributed by atoms with Gasteiger partial charge in [0.05, 0.1) is 0 Å². The summed E-state index contributed by atoms with van der Waals surface area (Å²) in [5, 5.41) is 0. The molecule has 2 nitrogen and oxygen atoms in total. The van der Waals surface area contributed by atoms with E-state index in [1.807, 2.05) is 18.2 Å². The van der Waals surface area contributed by atoms with Crippen LogP contribution in [0.5, 0.6) is 0 Å². The average Bonchev–Trinajstić information content (AvgIpc) is 2.52. The molecule has 1 fully saturated rings. The summed E-state index contributed by atoms with van der Waals surface area (Å²) in [5.41, 5.74) is 7.14. The molecule has 1 aliphatic carbocycles. The lowest BCUT2D eigenvalue weighted by Crippen LogP contribution is -2.06. The molecular weight excluding hydrogens is 258 g/mol. The van der Waals surface area contributed by atoms with Gasteiger partial charge in [-0.15, -0.1) is 0 Å². The van der Waals surface area contributed by atoms with Gasteiger partial charge in [-0.1, -0.05) is 69.9 Å². The van der Waals surface area contributed by atoms with E-state index in [4.69, 9.17) is 5.73 Å². The number of hydrogen-bond acceptors (Lipinski definition) is 2. The number of nitrogen functional groups attached to an aromatic ring is 1. The first-order valence-electron chi connectivity index (χ1n) is 8.65. The summed E-state index contributed by atoms with van der Waals surface area (Å²) in [6, 6.07) is 7.39. The number of Topliss-reactive ketones (excluding diaryl/α,β-unsaturated/α-hetero) is 1. The van der Waals surface area contributed by atoms with E-state index >= 15 is 0 Å². The van der Waals surface area contributed by atoms with E-state index in [-0.39, 0.29) is 5.78 Å². The molecule has 0 aliphatic heterocycles. The molecule has 2 rings (SSSR count). The molecule has 0 saturated heterocycles.